The summed E-state index contributed by atoms with van der Waals surface area (Å²) < 4.78 is 6.15. The number of ketones is 2. The van der Waals surface area contributed by atoms with Gasteiger partial charge < -0.3 is 14.4 Å². The summed E-state index contributed by atoms with van der Waals surface area (Å²) in [6.07, 6.45) is 2.74. The van der Waals surface area contributed by atoms with Crippen molar-refractivity contribution in [1.82, 2.24) is 4.90 Å². The molecule has 4 nitrogen and oxygen atoms in total. The number of Topliss-reactive ketones (excluding diaryl/α,β-unsaturated/α-hetero) is 2. The highest BCUT2D eigenvalue weighted by Crippen LogP contribution is 2.34. The predicted molar refractivity (Wildman–Crippen MR) is 95.6 cm³/mol. The van der Waals surface area contributed by atoms with Crippen LogP contribution < -0.4 is 4.74 Å². The number of benzene rings is 1. The molecular formula is C20H29NO3. The molecule has 4 heteroatoms. The Bertz CT molecular complexity index is 566. The third kappa shape index (κ3) is 4.67. The van der Waals surface area contributed by atoms with Crippen LogP contribution in [0.2, 0.25) is 0 Å². The molecular weight excluding hydrogens is 302 g/mol. The maximum absolute atomic E-state index is 12.8. The van der Waals surface area contributed by atoms with Crippen LogP contribution in [-0.4, -0.2) is 42.2 Å². The van der Waals surface area contributed by atoms with E-state index in [9.17, 15) is 9.59 Å². The molecule has 132 valence electrons. The van der Waals surface area contributed by atoms with E-state index in [4.69, 9.17) is 4.74 Å². The Hall–Kier alpha value is -1.68. The van der Waals surface area contributed by atoms with Gasteiger partial charge in [-0.15, -0.1) is 0 Å². The van der Waals surface area contributed by atoms with Gasteiger partial charge in [0, 0.05) is 6.42 Å². The van der Waals surface area contributed by atoms with Gasteiger partial charge in [-0.25, -0.2) is 0 Å². The predicted octanol–water partition coefficient (Wildman–Crippen LogP) is 3.74. The van der Waals surface area contributed by atoms with Crippen LogP contribution in [0.4, 0.5) is 0 Å². The lowest BCUT2D eigenvalue weighted by Gasteiger charge is -2.33. The van der Waals surface area contributed by atoms with Crippen LogP contribution in [0.3, 0.4) is 0 Å². The molecule has 0 fully saturated rings. The highest BCUT2D eigenvalue weighted by atomic mass is 16.5. The smallest absolute Gasteiger partial charge is 0.173 e. The molecule has 0 amide bonds. The minimum absolute atomic E-state index is 0.123. The number of fused-ring (bicyclic) bond motifs is 1. The number of carbonyl (C=O) groups excluding carboxylic acids is 2. The lowest BCUT2D eigenvalue weighted by Crippen LogP contribution is -2.38. The average Bonchev–Trinajstić information content (AvgIpc) is 2.58. The largest absolute Gasteiger partial charge is 0.489 e. The van der Waals surface area contributed by atoms with E-state index >= 15 is 0 Å². The van der Waals surface area contributed by atoms with Crippen molar-refractivity contribution in [2.45, 2.75) is 52.6 Å². The molecule has 1 aliphatic heterocycles. The van der Waals surface area contributed by atoms with E-state index in [2.05, 4.69) is 18.7 Å². The van der Waals surface area contributed by atoms with Crippen molar-refractivity contribution in [3.8, 4) is 5.75 Å². The van der Waals surface area contributed by atoms with Crippen LogP contribution in [-0.2, 0) is 4.79 Å². The van der Waals surface area contributed by atoms with Gasteiger partial charge >= 0.3 is 0 Å². The summed E-state index contributed by atoms with van der Waals surface area (Å²) >= 11 is 0. The number of carbonyl (C=O) groups is 2. The van der Waals surface area contributed by atoms with E-state index in [1.165, 1.54) is 0 Å². The molecule has 0 spiro atoms. The van der Waals surface area contributed by atoms with Gasteiger partial charge in [0.2, 0.25) is 0 Å². The van der Waals surface area contributed by atoms with Crippen LogP contribution in [0.25, 0.3) is 0 Å². The molecule has 1 aromatic carbocycles. The Labute approximate surface area is 145 Å². The summed E-state index contributed by atoms with van der Waals surface area (Å²) in [6, 6.07) is 7.45. The standard InChI is InChI=1S/C20H29NO3/c1-4-21(5-2)14-8-11-19-17(13-12-15(3)22)20(23)16-9-6-7-10-18(16)24-19/h6-7,9-10,17,19H,4-5,8,11-14H2,1-3H3. The van der Waals surface area contributed by atoms with Gasteiger partial charge in [-0.3, -0.25) is 4.79 Å². The Morgan fingerprint density at radius 2 is 1.88 bits per heavy atom. The van der Waals surface area contributed by atoms with Crippen molar-refractivity contribution < 1.29 is 14.3 Å². The summed E-state index contributed by atoms with van der Waals surface area (Å²) in [7, 11) is 0. The summed E-state index contributed by atoms with van der Waals surface area (Å²) in [6.45, 7) is 9.00. The van der Waals surface area contributed by atoms with E-state index < -0.39 is 0 Å². The molecule has 0 saturated heterocycles. The van der Waals surface area contributed by atoms with Crippen LogP contribution in [0.15, 0.2) is 24.3 Å². The number of ether oxygens (including phenoxy) is 1. The first-order valence-corrected chi connectivity index (χ1v) is 9.08. The molecule has 24 heavy (non-hydrogen) atoms. The zero-order valence-electron chi connectivity index (χ0n) is 15.1. The Kier molecular flexibility index (Phi) is 6.98. The second-order valence-electron chi connectivity index (χ2n) is 6.53. The van der Waals surface area contributed by atoms with Crippen LogP contribution in [0, 0.1) is 5.92 Å². The summed E-state index contributed by atoms with van der Waals surface area (Å²) in [5.41, 5.74) is 0.658. The third-order valence-corrected chi connectivity index (χ3v) is 4.88. The number of hydrogen-bond acceptors (Lipinski definition) is 4. The van der Waals surface area contributed by atoms with E-state index in [-0.39, 0.29) is 23.6 Å². The van der Waals surface area contributed by atoms with Crippen molar-refractivity contribution in [3.63, 3.8) is 0 Å². The van der Waals surface area contributed by atoms with E-state index in [0.29, 0.717) is 24.2 Å². The fraction of sp³-hybridized carbons (Fsp3) is 0.600. The van der Waals surface area contributed by atoms with E-state index in [0.717, 1.165) is 32.5 Å². The molecule has 1 heterocycles. The molecule has 0 bridgehead atoms. The highest BCUT2D eigenvalue weighted by Gasteiger charge is 2.36. The summed E-state index contributed by atoms with van der Waals surface area (Å²) in [5, 5.41) is 0. The third-order valence-electron chi connectivity index (χ3n) is 4.88. The van der Waals surface area contributed by atoms with Gasteiger partial charge in [0.15, 0.2) is 5.78 Å². The van der Waals surface area contributed by atoms with Crippen LogP contribution >= 0.6 is 0 Å². The second-order valence-corrected chi connectivity index (χ2v) is 6.53. The Balaban J connectivity index is 2.07. The minimum atomic E-state index is -0.208. The zero-order chi connectivity index (χ0) is 17.5. The minimum Gasteiger partial charge on any atom is -0.489 e. The molecule has 2 unspecified atom stereocenters. The molecule has 0 radical (unpaired) electrons. The first kappa shape index (κ1) is 18.7. The normalized spacial score (nSPS) is 19.9. The SMILES string of the molecule is CCN(CC)CCCC1Oc2ccccc2C(=O)C1CCC(C)=O. The monoisotopic (exact) mass is 331 g/mol. The Morgan fingerprint density at radius 3 is 2.54 bits per heavy atom. The number of hydrogen-bond donors (Lipinski definition) is 0. The number of para-hydroxylation sites is 1. The van der Waals surface area contributed by atoms with Crippen LogP contribution in [0.1, 0.15) is 56.8 Å². The lowest BCUT2D eigenvalue weighted by molar-refractivity contribution is -0.117. The van der Waals surface area contributed by atoms with Gasteiger partial charge in [0.05, 0.1) is 11.5 Å². The van der Waals surface area contributed by atoms with Crippen molar-refractivity contribution in [1.29, 1.82) is 0 Å². The lowest BCUT2D eigenvalue weighted by atomic mass is 9.83. The molecule has 2 atom stereocenters. The fourth-order valence-electron chi connectivity index (χ4n) is 3.38. The Morgan fingerprint density at radius 1 is 1.17 bits per heavy atom. The van der Waals surface area contributed by atoms with Crippen molar-refractivity contribution in [2.24, 2.45) is 5.92 Å². The average molecular weight is 331 g/mol. The topological polar surface area (TPSA) is 46.6 Å². The molecule has 0 saturated carbocycles. The van der Waals surface area contributed by atoms with Crippen molar-refractivity contribution >= 4 is 11.6 Å². The molecule has 1 aromatic rings. The molecule has 1 aliphatic rings. The maximum atomic E-state index is 12.8. The van der Waals surface area contributed by atoms with E-state index in [1.54, 1.807) is 6.92 Å². The van der Waals surface area contributed by atoms with Gasteiger partial charge in [-0.1, -0.05) is 26.0 Å². The first-order valence-electron chi connectivity index (χ1n) is 9.08. The molecule has 0 N–H and O–H groups in total. The fourth-order valence-corrected chi connectivity index (χ4v) is 3.38. The zero-order valence-corrected chi connectivity index (χ0v) is 15.1. The number of rotatable bonds is 9. The van der Waals surface area contributed by atoms with Crippen molar-refractivity contribution in [3.05, 3.63) is 29.8 Å². The van der Waals surface area contributed by atoms with Gasteiger partial charge in [0.25, 0.3) is 0 Å². The number of nitrogens with zero attached hydrogens (tertiary/aromatic N) is 1. The summed E-state index contributed by atoms with van der Waals surface area (Å²) in [5.74, 6) is 0.740. The maximum Gasteiger partial charge on any atom is 0.173 e. The second kappa shape index (κ2) is 8.97. The van der Waals surface area contributed by atoms with Gasteiger partial charge in [0.1, 0.15) is 17.6 Å². The molecule has 2 rings (SSSR count). The quantitative estimate of drug-likeness (QED) is 0.691. The highest BCUT2D eigenvalue weighted by molar-refractivity contribution is 6.01. The first-order chi connectivity index (χ1) is 11.6. The van der Waals surface area contributed by atoms with E-state index in [1.807, 2.05) is 24.3 Å². The van der Waals surface area contributed by atoms with Crippen LogP contribution in [0.5, 0.6) is 5.75 Å². The molecule has 0 aliphatic carbocycles. The summed E-state index contributed by atoms with van der Waals surface area (Å²) in [4.78, 5) is 26.6. The van der Waals surface area contributed by atoms with Gasteiger partial charge in [-0.05, 0) is 58.0 Å². The van der Waals surface area contributed by atoms with Gasteiger partial charge in [-0.2, -0.15) is 0 Å². The van der Waals surface area contributed by atoms with Crippen molar-refractivity contribution in [2.75, 3.05) is 19.6 Å². The molecule has 0 aromatic heterocycles.